The van der Waals surface area contributed by atoms with Crippen LogP contribution in [0.1, 0.15) is 155 Å². The zero-order valence-electron chi connectivity index (χ0n) is 42.4. The number of aliphatic hydroxyl groups excluding tert-OH is 4. The second-order valence-corrected chi connectivity index (χ2v) is 21.5. The topological polar surface area (TPSA) is 323 Å². The van der Waals surface area contributed by atoms with Crippen LogP contribution in [0.15, 0.2) is 65.7 Å². The minimum absolute atomic E-state index is 0.00618. The van der Waals surface area contributed by atoms with Crippen molar-refractivity contribution in [1.82, 2.24) is 9.55 Å². The van der Waals surface area contributed by atoms with Gasteiger partial charge in [0.05, 0.1) is 37.4 Å². The fraction of sp³-hybridized carbons (Fsp3) is 0.700. The van der Waals surface area contributed by atoms with Gasteiger partial charge in [-0.2, -0.15) is 9.29 Å². The van der Waals surface area contributed by atoms with Crippen molar-refractivity contribution in [2.24, 2.45) is 11.8 Å². The third-order valence-electron chi connectivity index (χ3n) is 12.3. The van der Waals surface area contributed by atoms with Crippen LogP contribution < -0.4 is 11.4 Å². The molecule has 0 aromatic carbocycles. The lowest BCUT2D eigenvalue weighted by Crippen LogP contribution is -2.51. The average Bonchev–Trinajstić information content (AvgIpc) is 3.33. The Hall–Kier alpha value is -3.69. The van der Waals surface area contributed by atoms with Crippen molar-refractivity contribution in [2.75, 3.05) is 25.6 Å². The van der Waals surface area contributed by atoms with Crippen molar-refractivity contribution >= 4 is 39.2 Å². The van der Waals surface area contributed by atoms with Gasteiger partial charge in [-0.05, 0) is 63.9 Å². The van der Waals surface area contributed by atoms with Gasteiger partial charge < -0.3 is 50.2 Å². The zero-order valence-corrected chi connectivity index (χ0v) is 44.2. The highest BCUT2D eigenvalue weighted by Crippen LogP contribution is 2.60. The molecule has 2 fully saturated rings. The van der Waals surface area contributed by atoms with Gasteiger partial charge in [-0.15, -0.1) is 0 Å². The van der Waals surface area contributed by atoms with E-state index in [0.29, 0.717) is 44.9 Å². The fourth-order valence-corrected chi connectivity index (χ4v) is 10.3. The normalized spacial score (nSPS) is 29.6. The van der Waals surface area contributed by atoms with Crippen LogP contribution in [0, 0.1) is 11.8 Å². The summed E-state index contributed by atoms with van der Waals surface area (Å²) in [4.78, 5) is 78.5. The number of nitrogens with two attached hydrogens (primary N) is 1. The molecule has 3 heterocycles. The number of nitrogens with zero attached hydrogens (tertiary/aromatic N) is 2. The lowest BCUT2D eigenvalue weighted by Gasteiger charge is -2.38. The van der Waals surface area contributed by atoms with Crippen molar-refractivity contribution in [3.8, 4) is 0 Å². The number of carbonyl (C=O) groups excluding carboxylic acids is 3. The summed E-state index contributed by atoms with van der Waals surface area (Å²) >= 11 is 0. The van der Waals surface area contributed by atoms with Gasteiger partial charge in [-0.1, -0.05) is 120 Å². The van der Waals surface area contributed by atoms with E-state index in [-0.39, 0.29) is 25.1 Å². The van der Waals surface area contributed by atoms with E-state index in [2.05, 4.69) is 52.7 Å². The Morgan fingerprint density at radius 2 is 1.53 bits per heavy atom. The van der Waals surface area contributed by atoms with E-state index < -0.39 is 120 Å². The minimum Gasteiger partial charge on any atom is -0.462 e. The van der Waals surface area contributed by atoms with Crippen molar-refractivity contribution < 1.29 is 81.3 Å². The van der Waals surface area contributed by atoms with Gasteiger partial charge in [0.1, 0.15) is 36.6 Å². The standard InChI is InChI=1S/C50H81N3O18P2/c1-3-5-7-8-9-10-11-12-13-14-15-16-17-18-24-28-46(58)69-38-34-66-45(57)27-23-20-19-22-26-40-42(56)33-41(55)39(30-29-37(54)25-21-6-4-2)47(59)48(60)43(36-68-73(64,65)71-72(62,63)67-35-38)70-49(40)53-32-31-44(51)52-50(53)61/h5,7,9-10,12-13,29-32,37-41,43,47-49,54-55,59-60H,3-4,6,8,11,14-28,33-36H2,1-2H3,(H,62,63)(H,64,65)(H2,51,52,61)/b7-5-,10-9-,13-12-,30-29+/t37-,38+,39-,40-,41+,43+,47-,48+,49+/m0/s1. The quantitative estimate of drug-likeness (QED) is 0.0278. The van der Waals surface area contributed by atoms with E-state index >= 15 is 0 Å². The molecule has 21 nitrogen and oxygen atoms in total. The number of unbranched alkanes of at least 4 members (excludes halogenated alkanes) is 7. The molecule has 2 aliphatic rings. The molecule has 2 saturated heterocycles. The molecule has 0 saturated carbocycles. The minimum atomic E-state index is -5.72. The first kappa shape index (κ1) is 63.6. The average molecular weight is 1070 g/mol. The van der Waals surface area contributed by atoms with E-state index in [1.54, 1.807) is 0 Å². The number of ether oxygens (including phenoxy) is 3. The van der Waals surface area contributed by atoms with Crippen LogP contribution in [0.4, 0.5) is 5.82 Å². The number of hydrogen-bond acceptors (Lipinski definition) is 18. The molecule has 1 aromatic rings. The number of rotatable bonds is 21. The van der Waals surface area contributed by atoms with Crippen LogP contribution in [0.25, 0.3) is 0 Å². The van der Waals surface area contributed by atoms with E-state index in [4.69, 9.17) is 29.0 Å². The molecule has 0 spiro atoms. The summed E-state index contributed by atoms with van der Waals surface area (Å²) in [7, 11) is -11.3. The highest BCUT2D eigenvalue weighted by molar-refractivity contribution is 7.61. The highest BCUT2D eigenvalue weighted by atomic mass is 31.3. The third-order valence-corrected chi connectivity index (χ3v) is 14.9. The van der Waals surface area contributed by atoms with Gasteiger partial charge in [0.25, 0.3) is 0 Å². The molecule has 11 atom stereocenters. The lowest BCUT2D eigenvalue weighted by atomic mass is 9.83. The highest BCUT2D eigenvalue weighted by Gasteiger charge is 2.45. The van der Waals surface area contributed by atoms with Crippen LogP contribution in [-0.2, 0) is 51.1 Å². The number of anilines is 1. The first-order valence-electron chi connectivity index (χ1n) is 25.8. The van der Waals surface area contributed by atoms with Crippen molar-refractivity contribution in [1.29, 1.82) is 0 Å². The molecule has 2 bridgehead atoms. The molecule has 0 aliphatic carbocycles. The van der Waals surface area contributed by atoms with Gasteiger partial charge >= 0.3 is 33.3 Å². The van der Waals surface area contributed by atoms with Crippen LogP contribution in [0.3, 0.4) is 0 Å². The van der Waals surface area contributed by atoms with E-state index in [9.17, 15) is 58.5 Å². The number of phosphoric acid groups is 2. The first-order chi connectivity index (χ1) is 34.9. The number of fused-ring (bicyclic) bond motifs is 3. The Kier molecular flexibility index (Phi) is 30.3. The molecule has 0 amide bonds. The molecular formula is C50H81N3O18P2. The smallest absolute Gasteiger partial charge is 0.462 e. The predicted molar refractivity (Wildman–Crippen MR) is 271 cm³/mol. The summed E-state index contributed by atoms with van der Waals surface area (Å²) < 4.78 is 59.0. The SMILES string of the molecule is CC/C=C\C/C=C\C/C=C\CCCCCCCC(=O)O[C@@H]1COC(=O)CCCCCC[C@H]2C(=O)C[C@@H](O)[C@H](/C=C/[C@@H](O)CCCCC)[C@H](O)[C@H](O)[C@@H](COP(=O)(O)OP(=O)(O)OC1)O[C@H]2n1ccc(N)nc1=O. The number of phosphoric ester groups is 2. The Morgan fingerprint density at radius 1 is 0.863 bits per heavy atom. The maximum atomic E-state index is 14.3. The number of ketones is 1. The summed E-state index contributed by atoms with van der Waals surface area (Å²) in [5.41, 5.74) is 4.75. The Bertz CT molecular complexity index is 2080. The van der Waals surface area contributed by atoms with Crippen LogP contribution in [0.2, 0.25) is 0 Å². The fourth-order valence-electron chi connectivity index (χ4n) is 8.22. The Balaban J connectivity index is 1.81. The monoisotopic (exact) mass is 1070 g/mol. The van der Waals surface area contributed by atoms with Gasteiger partial charge in [-0.25, -0.2) is 13.9 Å². The number of aliphatic hydroxyl groups is 4. The molecule has 23 heteroatoms. The number of carbonyl (C=O) groups is 3. The summed E-state index contributed by atoms with van der Waals surface area (Å²) in [5, 5.41) is 45.6. The van der Waals surface area contributed by atoms with Crippen LogP contribution in [-0.4, -0.2) is 114 Å². The molecule has 2 aliphatic heterocycles. The summed E-state index contributed by atoms with van der Waals surface area (Å²) in [6.45, 7) is 1.34. The van der Waals surface area contributed by atoms with Crippen molar-refractivity contribution in [2.45, 2.75) is 192 Å². The Morgan fingerprint density at radius 3 is 2.25 bits per heavy atom. The van der Waals surface area contributed by atoms with Gasteiger partial charge in [0.2, 0.25) is 0 Å². The first-order valence-corrected chi connectivity index (χ1v) is 28.7. The number of aromatic nitrogens is 2. The third kappa shape index (κ3) is 25.6. The summed E-state index contributed by atoms with van der Waals surface area (Å²) in [5.74, 6) is -4.97. The molecular weight excluding hydrogens is 993 g/mol. The molecule has 8 N–H and O–H groups in total. The van der Waals surface area contributed by atoms with Crippen LogP contribution in [0.5, 0.6) is 0 Å². The largest absolute Gasteiger partial charge is 0.481 e. The summed E-state index contributed by atoms with van der Waals surface area (Å²) in [6, 6.07) is 1.23. The van der Waals surface area contributed by atoms with Gasteiger partial charge in [0, 0.05) is 31.4 Å². The van der Waals surface area contributed by atoms with Gasteiger partial charge in [0.15, 0.2) is 6.10 Å². The van der Waals surface area contributed by atoms with E-state index in [1.165, 1.54) is 18.2 Å². The molecule has 414 valence electrons. The van der Waals surface area contributed by atoms with Crippen molar-refractivity contribution in [3.63, 3.8) is 0 Å². The lowest BCUT2D eigenvalue weighted by molar-refractivity contribution is -0.184. The Labute approximate surface area is 429 Å². The van der Waals surface area contributed by atoms with Crippen molar-refractivity contribution in [3.05, 3.63) is 71.4 Å². The molecule has 1 aromatic heterocycles. The molecule has 0 radical (unpaired) electrons. The van der Waals surface area contributed by atoms with E-state index in [0.717, 1.165) is 75.0 Å². The number of esters is 2. The van der Waals surface area contributed by atoms with E-state index in [1.807, 2.05) is 6.92 Å². The second kappa shape index (κ2) is 34.8. The maximum absolute atomic E-state index is 14.3. The second-order valence-electron chi connectivity index (χ2n) is 18.4. The molecule has 3 rings (SSSR count). The number of cyclic esters (lactones) is 1. The molecule has 2 unspecified atom stereocenters. The summed E-state index contributed by atoms with van der Waals surface area (Å²) in [6.07, 6.45) is 15.9. The number of nitrogen functional groups attached to an aromatic ring is 1. The zero-order chi connectivity index (χ0) is 53.7. The predicted octanol–water partition coefficient (Wildman–Crippen LogP) is 7.14. The maximum Gasteiger partial charge on any atom is 0.481 e. The number of hydrogen-bond donors (Lipinski definition) is 7. The number of allylic oxidation sites excluding steroid dienone is 6. The number of Topliss-reactive ketones (excluding diaryl/α,β-unsaturated/α-hetero) is 1. The van der Waals surface area contributed by atoms with Crippen LogP contribution >= 0.6 is 15.6 Å². The van der Waals surface area contributed by atoms with Gasteiger partial charge in [-0.3, -0.25) is 28.0 Å². The molecule has 73 heavy (non-hydrogen) atoms.